The van der Waals surface area contributed by atoms with Gasteiger partial charge < -0.3 is 20.1 Å². The van der Waals surface area contributed by atoms with Gasteiger partial charge in [-0.3, -0.25) is 0 Å². The number of aromatic nitrogens is 2. The molecule has 1 fully saturated rings. The van der Waals surface area contributed by atoms with E-state index in [2.05, 4.69) is 5.10 Å². The number of hydrogen-bond acceptors (Lipinski definition) is 5. The second-order valence-electron chi connectivity index (χ2n) is 6.60. The Labute approximate surface area is 124 Å². The first-order chi connectivity index (χ1) is 9.85. The Morgan fingerprint density at radius 3 is 2.76 bits per heavy atom. The summed E-state index contributed by atoms with van der Waals surface area (Å²) in [5.74, 6) is 0.710. The molecule has 1 aromatic rings. The highest BCUT2D eigenvalue weighted by molar-refractivity contribution is 5.69. The van der Waals surface area contributed by atoms with E-state index in [0.29, 0.717) is 32.1 Å². The van der Waals surface area contributed by atoms with Gasteiger partial charge >= 0.3 is 6.09 Å². The number of hydrogen-bond donors (Lipinski definition) is 1. The molecule has 21 heavy (non-hydrogen) atoms. The second-order valence-corrected chi connectivity index (χ2v) is 6.60. The lowest BCUT2D eigenvalue weighted by molar-refractivity contribution is -0.000244. The first-order valence-corrected chi connectivity index (χ1v) is 7.26. The first-order valence-electron chi connectivity index (χ1n) is 7.26. The maximum absolute atomic E-state index is 11.9. The molecule has 1 saturated heterocycles. The summed E-state index contributed by atoms with van der Waals surface area (Å²) in [6.07, 6.45) is 0.529. The molecule has 0 bridgehead atoms. The standard InChI is InChI=1S/C14H22N4O3/c1-14(2,3)21-13(19)17-6-9(7-17)18-12(15)10-4-5-20-8-11(10)16-18/h9H,4-8,15H2,1-3H3. The number of nitrogen functional groups attached to an aromatic ring is 1. The summed E-state index contributed by atoms with van der Waals surface area (Å²) in [5.41, 5.74) is 7.72. The zero-order valence-electron chi connectivity index (χ0n) is 12.8. The third kappa shape index (κ3) is 2.70. The van der Waals surface area contributed by atoms with Gasteiger partial charge in [0.05, 0.1) is 24.9 Å². The smallest absolute Gasteiger partial charge is 0.410 e. The highest BCUT2D eigenvalue weighted by atomic mass is 16.6. The summed E-state index contributed by atoms with van der Waals surface area (Å²) in [5, 5.41) is 4.53. The van der Waals surface area contributed by atoms with Crippen LogP contribution >= 0.6 is 0 Å². The van der Waals surface area contributed by atoms with E-state index >= 15 is 0 Å². The number of anilines is 1. The lowest BCUT2D eigenvalue weighted by Gasteiger charge is -2.39. The number of ether oxygens (including phenoxy) is 2. The summed E-state index contributed by atoms with van der Waals surface area (Å²) < 4.78 is 12.6. The fraction of sp³-hybridized carbons (Fsp3) is 0.714. The normalized spacial score (nSPS) is 19.1. The minimum atomic E-state index is -0.469. The average Bonchev–Trinajstić information content (AvgIpc) is 2.64. The van der Waals surface area contributed by atoms with E-state index < -0.39 is 5.60 Å². The molecular formula is C14H22N4O3. The third-order valence-corrected chi connectivity index (χ3v) is 3.73. The average molecular weight is 294 g/mol. The van der Waals surface area contributed by atoms with Gasteiger partial charge in [-0.1, -0.05) is 0 Å². The molecule has 0 aromatic carbocycles. The molecule has 2 aliphatic rings. The molecule has 3 heterocycles. The third-order valence-electron chi connectivity index (χ3n) is 3.73. The summed E-state index contributed by atoms with van der Waals surface area (Å²) >= 11 is 0. The molecule has 0 aliphatic carbocycles. The minimum absolute atomic E-state index is 0.128. The Hall–Kier alpha value is -1.76. The molecule has 116 valence electrons. The number of nitrogens with zero attached hydrogens (tertiary/aromatic N) is 3. The van der Waals surface area contributed by atoms with Crippen molar-refractivity contribution in [3.63, 3.8) is 0 Å². The number of likely N-dealkylation sites (tertiary alicyclic amines) is 1. The van der Waals surface area contributed by atoms with E-state index in [1.54, 1.807) is 4.90 Å². The van der Waals surface area contributed by atoms with Crippen LogP contribution < -0.4 is 5.73 Å². The molecule has 0 spiro atoms. The van der Waals surface area contributed by atoms with Gasteiger partial charge in [0.1, 0.15) is 11.4 Å². The van der Waals surface area contributed by atoms with Gasteiger partial charge in [0.2, 0.25) is 0 Å². The lowest BCUT2D eigenvalue weighted by atomic mass is 10.1. The van der Waals surface area contributed by atoms with Crippen LogP contribution in [0.2, 0.25) is 0 Å². The first kappa shape index (κ1) is 14.2. The predicted molar refractivity (Wildman–Crippen MR) is 76.8 cm³/mol. The van der Waals surface area contributed by atoms with Crippen LogP contribution in [-0.4, -0.2) is 46.1 Å². The number of carbonyl (C=O) groups is 1. The van der Waals surface area contributed by atoms with Crippen molar-refractivity contribution in [2.24, 2.45) is 0 Å². The number of nitrogens with two attached hydrogens (primary N) is 1. The Balaban J connectivity index is 1.64. The quantitative estimate of drug-likeness (QED) is 0.845. The summed E-state index contributed by atoms with van der Waals surface area (Å²) in [6, 6.07) is 0.128. The fourth-order valence-electron chi connectivity index (χ4n) is 2.63. The van der Waals surface area contributed by atoms with E-state index in [4.69, 9.17) is 15.2 Å². The lowest BCUT2D eigenvalue weighted by Crippen LogP contribution is -2.52. The molecule has 1 amide bonds. The van der Waals surface area contributed by atoms with E-state index in [1.165, 1.54) is 0 Å². The van der Waals surface area contributed by atoms with Crippen LogP contribution in [-0.2, 0) is 22.5 Å². The summed E-state index contributed by atoms with van der Waals surface area (Å²) in [7, 11) is 0. The van der Waals surface area contributed by atoms with Crippen molar-refractivity contribution >= 4 is 11.9 Å². The summed E-state index contributed by atoms with van der Waals surface area (Å²) in [6.45, 7) is 7.97. The van der Waals surface area contributed by atoms with Crippen molar-refractivity contribution in [2.75, 3.05) is 25.4 Å². The van der Waals surface area contributed by atoms with Crippen LogP contribution in [0.5, 0.6) is 0 Å². The SMILES string of the molecule is CC(C)(C)OC(=O)N1CC(n2nc3c(c2N)CCOC3)C1. The van der Waals surface area contributed by atoms with Crippen molar-refractivity contribution < 1.29 is 14.3 Å². The van der Waals surface area contributed by atoms with Gasteiger partial charge in [-0.25, -0.2) is 9.48 Å². The molecule has 7 heteroatoms. The van der Waals surface area contributed by atoms with Gasteiger partial charge in [0.25, 0.3) is 0 Å². The van der Waals surface area contributed by atoms with Gasteiger partial charge in [-0.05, 0) is 20.8 Å². The molecule has 0 unspecified atom stereocenters. The molecule has 2 N–H and O–H groups in total. The molecule has 2 aliphatic heterocycles. The minimum Gasteiger partial charge on any atom is -0.444 e. The van der Waals surface area contributed by atoms with Crippen LogP contribution in [0.1, 0.15) is 38.1 Å². The van der Waals surface area contributed by atoms with Crippen molar-refractivity contribution in [3.8, 4) is 0 Å². The molecule has 3 rings (SSSR count). The topological polar surface area (TPSA) is 82.6 Å². The van der Waals surface area contributed by atoms with Crippen molar-refractivity contribution in [3.05, 3.63) is 11.3 Å². The monoisotopic (exact) mass is 294 g/mol. The fourth-order valence-corrected chi connectivity index (χ4v) is 2.63. The van der Waals surface area contributed by atoms with E-state index in [-0.39, 0.29) is 12.1 Å². The van der Waals surface area contributed by atoms with Crippen molar-refractivity contribution in [1.82, 2.24) is 14.7 Å². The molecule has 0 radical (unpaired) electrons. The summed E-state index contributed by atoms with van der Waals surface area (Å²) in [4.78, 5) is 13.6. The second kappa shape index (κ2) is 4.91. The predicted octanol–water partition coefficient (Wildman–Crippen LogP) is 1.33. The van der Waals surface area contributed by atoms with Crippen LogP contribution in [0.3, 0.4) is 0 Å². The Morgan fingerprint density at radius 1 is 1.43 bits per heavy atom. The number of amides is 1. The van der Waals surface area contributed by atoms with Crippen LogP contribution in [0.15, 0.2) is 0 Å². The zero-order chi connectivity index (χ0) is 15.2. The molecule has 0 saturated carbocycles. The zero-order valence-corrected chi connectivity index (χ0v) is 12.8. The van der Waals surface area contributed by atoms with Crippen LogP contribution in [0.25, 0.3) is 0 Å². The highest BCUT2D eigenvalue weighted by Gasteiger charge is 2.37. The highest BCUT2D eigenvalue weighted by Crippen LogP contribution is 2.30. The van der Waals surface area contributed by atoms with Crippen LogP contribution in [0, 0.1) is 0 Å². The van der Waals surface area contributed by atoms with Crippen molar-refractivity contribution in [1.29, 1.82) is 0 Å². The molecule has 0 atom stereocenters. The van der Waals surface area contributed by atoms with Gasteiger partial charge in [-0.15, -0.1) is 0 Å². The molecular weight excluding hydrogens is 272 g/mol. The Morgan fingerprint density at radius 2 is 2.14 bits per heavy atom. The van der Waals surface area contributed by atoms with Gasteiger partial charge in [-0.2, -0.15) is 5.10 Å². The maximum Gasteiger partial charge on any atom is 0.410 e. The number of rotatable bonds is 1. The van der Waals surface area contributed by atoms with Crippen molar-refractivity contribution in [2.45, 2.75) is 45.4 Å². The maximum atomic E-state index is 11.9. The number of carbonyl (C=O) groups excluding carboxylic acids is 1. The van der Waals surface area contributed by atoms with Crippen LogP contribution in [0.4, 0.5) is 10.6 Å². The molecule has 1 aromatic heterocycles. The van der Waals surface area contributed by atoms with Gasteiger partial charge in [0, 0.05) is 25.1 Å². The Kier molecular flexibility index (Phi) is 3.32. The van der Waals surface area contributed by atoms with Gasteiger partial charge in [0.15, 0.2) is 0 Å². The van der Waals surface area contributed by atoms with E-state index in [1.807, 2.05) is 25.5 Å². The molecule has 7 nitrogen and oxygen atoms in total. The van der Waals surface area contributed by atoms with E-state index in [0.717, 1.165) is 17.7 Å². The Bertz CT molecular complexity index is 555. The largest absolute Gasteiger partial charge is 0.444 e. The van der Waals surface area contributed by atoms with E-state index in [9.17, 15) is 4.79 Å². The number of fused-ring (bicyclic) bond motifs is 1.